The molecule has 4 N–H and O–H groups in total. The highest BCUT2D eigenvalue weighted by molar-refractivity contribution is 7.97. The monoisotopic (exact) mass is 418 g/mol. The minimum atomic E-state index is -0.240. The number of hydrogen-bond acceptors (Lipinski definition) is 4. The van der Waals surface area contributed by atoms with Gasteiger partial charge in [0.25, 0.3) is 5.91 Å². The van der Waals surface area contributed by atoms with Crippen LogP contribution in [0.1, 0.15) is 28.4 Å². The molecule has 0 aliphatic rings. The molecule has 0 saturated carbocycles. The van der Waals surface area contributed by atoms with Crippen LogP contribution in [0.5, 0.6) is 5.75 Å². The van der Waals surface area contributed by atoms with Gasteiger partial charge in [-0.05, 0) is 60.7 Å². The van der Waals surface area contributed by atoms with E-state index < -0.39 is 0 Å². The molecule has 0 spiro atoms. The summed E-state index contributed by atoms with van der Waals surface area (Å²) in [6, 6.07) is 10.9. The third-order valence-electron chi connectivity index (χ3n) is 4.05. The molecule has 2 aromatic carbocycles. The highest BCUT2D eigenvalue weighted by Crippen LogP contribution is 2.17. The second-order valence-electron chi connectivity index (χ2n) is 6.27. The highest BCUT2D eigenvalue weighted by Gasteiger charge is 2.06. The average molecular weight is 419 g/mol. The van der Waals surface area contributed by atoms with Crippen LogP contribution in [-0.2, 0) is 12.3 Å². The van der Waals surface area contributed by atoms with Gasteiger partial charge in [-0.1, -0.05) is 6.07 Å². The average Bonchev–Trinajstić information content (AvgIpc) is 2.71. The maximum absolute atomic E-state index is 13.5. The molecular formula is C21H27FN4O2S. The summed E-state index contributed by atoms with van der Waals surface area (Å²) in [6.45, 7) is 4.02. The van der Waals surface area contributed by atoms with E-state index in [9.17, 15) is 14.3 Å². The van der Waals surface area contributed by atoms with Gasteiger partial charge in [-0.3, -0.25) is 4.79 Å². The molecule has 0 radical (unpaired) electrons. The molecular weight excluding hydrogens is 391 g/mol. The summed E-state index contributed by atoms with van der Waals surface area (Å²) in [5.41, 5.74) is 2.41. The van der Waals surface area contributed by atoms with Gasteiger partial charge in [0.1, 0.15) is 11.6 Å². The number of amides is 1. The predicted octanol–water partition coefficient (Wildman–Crippen LogP) is 2.88. The van der Waals surface area contributed by atoms with E-state index in [0.29, 0.717) is 37.7 Å². The minimum absolute atomic E-state index is 0.122. The Morgan fingerprint density at radius 3 is 2.48 bits per heavy atom. The summed E-state index contributed by atoms with van der Waals surface area (Å²) >= 11 is 1.64. The molecule has 0 unspecified atom stereocenters. The number of phenols is 1. The SMILES string of the molecule is CCNC(=NCc1ccc(F)cc1CSC)NCCNC(=O)c1ccc(O)cc1. The van der Waals surface area contributed by atoms with Gasteiger partial charge in [0, 0.05) is 31.0 Å². The normalized spacial score (nSPS) is 11.2. The number of nitrogens with one attached hydrogen (secondary N) is 3. The quantitative estimate of drug-likeness (QED) is 0.286. The number of carbonyl (C=O) groups is 1. The summed E-state index contributed by atoms with van der Waals surface area (Å²) in [6.07, 6.45) is 1.98. The summed E-state index contributed by atoms with van der Waals surface area (Å²) in [7, 11) is 0. The van der Waals surface area contributed by atoms with Gasteiger partial charge in [-0.25, -0.2) is 9.38 Å². The number of phenolic OH excluding ortho intramolecular Hbond substituents is 1. The van der Waals surface area contributed by atoms with E-state index in [1.807, 2.05) is 13.2 Å². The smallest absolute Gasteiger partial charge is 0.251 e. The zero-order valence-corrected chi connectivity index (χ0v) is 17.5. The number of guanidine groups is 1. The number of aliphatic imine (C=N–C) groups is 1. The van der Waals surface area contributed by atoms with E-state index in [-0.39, 0.29) is 17.5 Å². The molecule has 0 aliphatic carbocycles. The maximum atomic E-state index is 13.5. The number of nitrogens with zero attached hydrogens (tertiary/aromatic N) is 1. The molecule has 0 heterocycles. The maximum Gasteiger partial charge on any atom is 0.251 e. The van der Waals surface area contributed by atoms with Gasteiger partial charge in [0.05, 0.1) is 6.54 Å². The fourth-order valence-corrected chi connectivity index (χ4v) is 3.20. The Labute approximate surface area is 175 Å². The molecule has 0 saturated heterocycles. The molecule has 2 aromatic rings. The van der Waals surface area contributed by atoms with E-state index in [2.05, 4.69) is 20.9 Å². The number of hydrogen-bond donors (Lipinski definition) is 4. The Hall–Kier alpha value is -2.74. The molecule has 0 fully saturated rings. The fraction of sp³-hybridized carbons (Fsp3) is 0.333. The van der Waals surface area contributed by atoms with E-state index in [1.54, 1.807) is 36.0 Å². The van der Waals surface area contributed by atoms with Crippen LogP contribution in [0.4, 0.5) is 4.39 Å². The number of rotatable bonds is 9. The Morgan fingerprint density at radius 1 is 1.07 bits per heavy atom. The molecule has 0 bridgehead atoms. The van der Waals surface area contributed by atoms with Crippen LogP contribution in [0.15, 0.2) is 47.5 Å². The van der Waals surface area contributed by atoms with Crippen LogP contribution in [-0.4, -0.2) is 42.9 Å². The summed E-state index contributed by atoms with van der Waals surface area (Å²) in [5.74, 6) is 1.04. The molecule has 2 rings (SSSR count). The molecule has 1 amide bonds. The number of carbonyl (C=O) groups excluding carboxylic acids is 1. The first-order valence-corrected chi connectivity index (χ1v) is 10.8. The molecule has 6 nitrogen and oxygen atoms in total. The van der Waals surface area contributed by atoms with Crippen LogP contribution in [0, 0.1) is 5.82 Å². The third-order valence-corrected chi connectivity index (χ3v) is 4.65. The van der Waals surface area contributed by atoms with Gasteiger partial charge in [0.2, 0.25) is 0 Å². The van der Waals surface area contributed by atoms with Crippen molar-refractivity contribution < 1.29 is 14.3 Å². The largest absolute Gasteiger partial charge is 0.508 e. The van der Waals surface area contributed by atoms with Crippen LogP contribution >= 0.6 is 11.8 Å². The van der Waals surface area contributed by atoms with Gasteiger partial charge >= 0.3 is 0 Å². The molecule has 0 aliphatic heterocycles. The zero-order valence-electron chi connectivity index (χ0n) is 16.7. The van der Waals surface area contributed by atoms with Crippen molar-refractivity contribution in [2.24, 2.45) is 4.99 Å². The number of thioether (sulfide) groups is 1. The van der Waals surface area contributed by atoms with Gasteiger partial charge in [-0.2, -0.15) is 11.8 Å². The van der Waals surface area contributed by atoms with Gasteiger partial charge in [0.15, 0.2) is 5.96 Å². The van der Waals surface area contributed by atoms with Crippen molar-refractivity contribution in [3.8, 4) is 5.75 Å². The summed E-state index contributed by atoms with van der Waals surface area (Å²) in [5, 5.41) is 18.4. The predicted molar refractivity (Wildman–Crippen MR) is 117 cm³/mol. The first-order valence-electron chi connectivity index (χ1n) is 9.39. The van der Waals surface area contributed by atoms with E-state index in [4.69, 9.17) is 0 Å². The highest BCUT2D eigenvalue weighted by atomic mass is 32.2. The topological polar surface area (TPSA) is 85.8 Å². The van der Waals surface area contributed by atoms with Crippen LogP contribution in [0.2, 0.25) is 0 Å². The minimum Gasteiger partial charge on any atom is -0.508 e. The van der Waals surface area contributed by atoms with Gasteiger partial charge < -0.3 is 21.1 Å². The van der Waals surface area contributed by atoms with Crippen molar-refractivity contribution in [3.05, 3.63) is 65.0 Å². The lowest BCUT2D eigenvalue weighted by atomic mass is 10.1. The Kier molecular flexibility index (Phi) is 9.30. The van der Waals surface area contributed by atoms with Crippen LogP contribution in [0.3, 0.4) is 0 Å². The van der Waals surface area contributed by atoms with E-state index in [1.165, 1.54) is 18.2 Å². The van der Waals surface area contributed by atoms with Crippen molar-refractivity contribution in [3.63, 3.8) is 0 Å². The van der Waals surface area contributed by atoms with Crippen molar-refractivity contribution in [2.45, 2.75) is 19.2 Å². The van der Waals surface area contributed by atoms with Crippen LogP contribution < -0.4 is 16.0 Å². The molecule has 8 heteroatoms. The van der Waals surface area contributed by atoms with Crippen molar-refractivity contribution in [1.82, 2.24) is 16.0 Å². The van der Waals surface area contributed by atoms with Crippen LogP contribution in [0.25, 0.3) is 0 Å². The lowest BCUT2D eigenvalue weighted by molar-refractivity contribution is 0.0954. The Bertz CT molecular complexity index is 828. The molecule has 156 valence electrons. The number of aromatic hydroxyl groups is 1. The van der Waals surface area contributed by atoms with Gasteiger partial charge in [-0.15, -0.1) is 0 Å². The Balaban J connectivity index is 1.88. The molecule has 0 atom stereocenters. The van der Waals surface area contributed by atoms with Crippen molar-refractivity contribution in [1.29, 1.82) is 0 Å². The van der Waals surface area contributed by atoms with E-state index >= 15 is 0 Å². The standard InChI is InChI=1S/C21H27FN4O2S/c1-3-23-21(26-13-16-4-7-18(22)12-17(16)14-29-2)25-11-10-24-20(28)15-5-8-19(27)9-6-15/h4-9,12,27H,3,10-11,13-14H2,1-2H3,(H,24,28)(H2,23,25,26). The fourth-order valence-electron chi connectivity index (χ4n) is 2.62. The second-order valence-corrected chi connectivity index (χ2v) is 7.14. The third kappa shape index (κ3) is 7.65. The molecule has 0 aromatic heterocycles. The number of benzene rings is 2. The van der Waals surface area contributed by atoms with Crippen molar-refractivity contribution in [2.75, 3.05) is 25.9 Å². The lowest BCUT2D eigenvalue weighted by Crippen LogP contribution is -2.41. The molecule has 29 heavy (non-hydrogen) atoms. The summed E-state index contributed by atoms with van der Waals surface area (Å²) < 4.78 is 13.5. The first-order chi connectivity index (χ1) is 14.0. The number of halogens is 1. The second kappa shape index (κ2) is 12.0. The lowest BCUT2D eigenvalue weighted by Gasteiger charge is -2.13. The first kappa shape index (κ1) is 22.5. The van der Waals surface area contributed by atoms with E-state index in [0.717, 1.165) is 16.9 Å². The zero-order chi connectivity index (χ0) is 21.1. The summed E-state index contributed by atoms with van der Waals surface area (Å²) in [4.78, 5) is 16.6. The van der Waals surface area contributed by atoms with Crippen molar-refractivity contribution >= 4 is 23.6 Å². The Morgan fingerprint density at radius 2 is 1.79 bits per heavy atom.